The number of nitrogens with one attached hydrogen (secondary N) is 1. The van der Waals surface area contributed by atoms with Gasteiger partial charge in [0, 0.05) is 43.7 Å². The van der Waals surface area contributed by atoms with Gasteiger partial charge in [0.2, 0.25) is 11.8 Å². The van der Waals surface area contributed by atoms with E-state index in [2.05, 4.69) is 5.32 Å². The van der Waals surface area contributed by atoms with Crippen molar-refractivity contribution >= 4 is 29.3 Å². The van der Waals surface area contributed by atoms with Gasteiger partial charge >= 0.3 is 0 Å². The summed E-state index contributed by atoms with van der Waals surface area (Å²) in [7, 11) is 0. The van der Waals surface area contributed by atoms with Crippen molar-refractivity contribution in [3.05, 3.63) is 34.9 Å². The van der Waals surface area contributed by atoms with Gasteiger partial charge in [-0.2, -0.15) is 0 Å². The molecule has 118 valence electrons. The van der Waals surface area contributed by atoms with E-state index in [1.54, 1.807) is 34.1 Å². The number of amides is 3. The van der Waals surface area contributed by atoms with Crippen LogP contribution in [0.25, 0.3) is 0 Å². The molecular weight excluding hydrogens is 306 g/mol. The Morgan fingerprint density at radius 2 is 1.77 bits per heavy atom. The number of rotatable bonds is 3. The molecule has 0 spiro atoms. The predicted molar refractivity (Wildman–Crippen MR) is 82.6 cm³/mol. The van der Waals surface area contributed by atoms with Crippen LogP contribution in [0.2, 0.25) is 5.02 Å². The Morgan fingerprint density at radius 1 is 1.14 bits per heavy atom. The minimum atomic E-state index is -0.335. The molecule has 22 heavy (non-hydrogen) atoms. The fraction of sp³-hybridized carbons (Fsp3) is 0.400. The number of hydrogen-bond acceptors (Lipinski definition) is 3. The van der Waals surface area contributed by atoms with E-state index < -0.39 is 0 Å². The molecule has 1 fully saturated rings. The van der Waals surface area contributed by atoms with Crippen molar-refractivity contribution in [3.63, 3.8) is 0 Å². The summed E-state index contributed by atoms with van der Waals surface area (Å²) in [6, 6.07) is 6.54. The van der Waals surface area contributed by atoms with Crippen LogP contribution in [0.4, 0.5) is 0 Å². The lowest BCUT2D eigenvalue weighted by atomic mass is 10.2. The Labute approximate surface area is 134 Å². The van der Waals surface area contributed by atoms with E-state index in [-0.39, 0.29) is 24.3 Å². The maximum atomic E-state index is 12.1. The molecule has 3 amide bonds. The molecule has 1 N–H and O–H groups in total. The van der Waals surface area contributed by atoms with Crippen molar-refractivity contribution in [2.24, 2.45) is 0 Å². The summed E-state index contributed by atoms with van der Waals surface area (Å²) in [6.07, 6.45) is 0. The summed E-state index contributed by atoms with van der Waals surface area (Å²) in [4.78, 5) is 38.6. The molecule has 1 saturated heterocycles. The van der Waals surface area contributed by atoms with Crippen LogP contribution in [0.3, 0.4) is 0 Å². The molecular formula is C15H18ClN3O3. The fourth-order valence-electron chi connectivity index (χ4n) is 2.27. The molecule has 1 aromatic rings. The van der Waals surface area contributed by atoms with Gasteiger partial charge in [-0.1, -0.05) is 17.7 Å². The van der Waals surface area contributed by atoms with Crippen LogP contribution < -0.4 is 5.32 Å². The SMILES string of the molecule is CC(=O)N1CCN(C(=O)CNC(=O)c2cccc(Cl)c2)CC1. The Morgan fingerprint density at radius 3 is 2.36 bits per heavy atom. The molecule has 0 saturated carbocycles. The molecule has 0 unspecified atom stereocenters. The highest BCUT2D eigenvalue weighted by Crippen LogP contribution is 2.10. The van der Waals surface area contributed by atoms with Gasteiger partial charge in [-0.05, 0) is 18.2 Å². The number of halogens is 1. The highest BCUT2D eigenvalue weighted by molar-refractivity contribution is 6.30. The Kier molecular flexibility index (Phi) is 5.38. The Balaban J connectivity index is 1.81. The highest BCUT2D eigenvalue weighted by Gasteiger charge is 2.22. The van der Waals surface area contributed by atoms with Crippen molar-refractivity contribution in [1.29, 1.82) is 0 Å². The van der Waals surface area contributed by atoms with Gasteiger partial charge in [0.1, 0.15) is 0 Å². The third-order valence-corrected chi connectivity index (χ3v) is 3.80. The minimum absolute atomic E-state index is 0.0151. The number of piperazine rings is 1. The first-order valence-electron chi connectivity index (χ1n) is 7.04. The molecule has 2 rings (SSSR count). The number of nitrogens with zero attached hydrogens (tertiary/aromatic N) is 2. The summed E-state index contributed by atoms with van der Waals surface area (Å²) in [6.45, 7) is 3.50. The maximum absolute atomic E-state index is 12.1. The van der Waals surface area contributed by atoms with Gasteiger partial charge in [0.25, 0.3) is 5.91 Å². The Hall–Kier alpha value is -2.08. The fourth-order valence-corrected chi connectivity index (χ4v) is 2.46. The molecule has 1 heterocycles. The van der Waals surface area contributed by atoms with E-state index in [1.165, 1.54) is 6.92 Å². The predicted octanol–water partition coefficient (Wildman–Crippen LogP) is 0.761. The second-order valence-corrected chi connectivity index (χ2v) is 5.52. The molecule has 7 heteroatoms. The average Bonchev–Trinajstić information content (AvgIpc) is 2.52. The smallest absolute Gasteiger partial charge is 0.251 e. The monoisotopic (exact) mass is 323 g/mol. The summed E-state index contributed by atoms with van der Waals surface area (Å²) in [5.41, 5.74) is 0.418. The molecule has 0 radical (unpaired) electrons. The lowest BCUT2D eigenvalue weighted by Gasteiger charge is -2.34. The molecule has 0 bridgehead atoms. The van der Waals surface area contributed by atoms with E-state index in [0.29, 0.717) is 36.8 Å². The summed E-state index contributed by atoms with van der Waals surface area (Å²) in [5, 5.41) is 3.06. The zero-order valence-corrected chi connectivity index (χ0v) is 13.1. The van der Waals surface area contributed by atoms with Crippen LogP contribution in [0.15, 0.2) is 24.3 Å². The highest BCUT2D eigenvalue weighted by atomic mass is 35.5. The van der Waals surface area contributed by atoms with Gasteiger partial charge in [0.15, 0.2) is 0 Å². The van der Waals surface area contributed by atoms with E-state index in [1.807, 2.05) is 0 Å². The summed E-state index contributed by atoms with van der Waals surface area (Å²) >= 11 is 5.83. The van der Waals surface area contributed by atoms with Gasteiger partial charge < -0.3 is 15.1 Å². The lowest BCUT2D eigenvalue weighted by molar-refractivity contribution is -0.137. The molecule has 1 aliphatic heterocycles. The quantitative estimate of drug-likeness (QED) is 0.893. The van der Waals surface area contributed by atoms with Crippen LogP contribution in [0.1, 0.15) is 17.3 Å². The normalized spacial score (nSPS) is 14.6. The molecule has 6 nitrogen and oxygen atoms in total. The third kappa shape index (κ3) is 4.21. The first-order valence-corrected chi connectivity index (χ1v) is 7.42. The van der Waals surface area contributed by atoms with E-state index >= 15 is 0 Å². The molecule has 1 aromatic carbocycles. The van der Waals surface area contributed by atoms with Crippen molar-refractivity contribution in [3.8, 4) is 0 Å². The van der Waals surface area contributed by atoms with Gasteiger partial charge in [0.05, 0.1) is 6.54 Å². The van der Waals surface area contributed by atoms with Gasteiger partial charge in [-0.25, -0.2) is 0 Å². The van der Waals surface area contributed by atoms with E-state index in [9.17, 15) is 14.4 Å². The van der Waals surface area contributed by atoms with Crippen molar-refractivity contribution in [2.75, 3.05) is 32.7 Å². The first kappa shape index (κ1) is 16.3. The largest absolute Gasteiger partial charge is 0.343 e. The maximum Gasteiger partial charge on any atom is 0.251 e. The molecule has 0 aliphatic carbocycles. The minimum Gasteiger partial charge on any atom is -0.343 e. The number of carbonyl (C=O) groups excluding carboxylic acids is 3. The number of hydrogen-bond donors (Lipinski definition) is 1. The number of benzene rings is 1. The van der Waals surface area contributed by atoms with Crippen LogP contribution in [-0.4, -0.2) is 60.2 Å². The second kappa shape index (κ2) is 7.26. The standard InChI is InChI=1S/C15H18ClN3O3/c1-11(20)18-5-7-19(8-6-18)14(21)10-17-15(22)12-3-2-4-13(16)9-12/h2-4,9H,5-8,10H2,1H3,(H,17,22). The van der Waals surface area contributed by atoms with Gasteiger partial charge in [-0.3, -0.25) is 14.4 Å². The van der Waals surface area contributed by atoms with Crippen molar-refractivity contribution < 1.29 is 14.4 Å². The van der Waals surface area contributed by atoms with E-state index in [4.69, 9.17) is 11.6 Å². The topological polar surface area (TPSA) is 69.7 Å². The Bertz CT molecular complexity index is 583. The zero-order valence-electron chi connectivity index (χ0n) is 12.3. The van der Waals surface area contributed by atoms with Crippen molar-refractivity contribution in [1.82, 2.24) is 15.1 Å². The molecule has 0 aromatic heterocycles. The van der Waals surface area contributed by atoms with E-state index in [0.717, 1.165) is 0 Å². The number of carbonyl (C=O) groups is 3. The van der Waals surface area contributed by atoms with Crippen molar-refractivity contribution in [2.45, 2.75) is 6.92 Å². The lowest BCUT2D eigenvalue weighted by Crippen LogP contribution is -2.52. The van der Waals surface area contributed by atoms with Gasteiger partial charge in [-0.15, -0.1) is 0 Å². The summed E-state index contributed by atoms with van der Waals surface area (Å²) in [5.74, 6) is -0.474. The third-order valence-electron chi connectivity index (χ3n) is 3.56. The van der Waals surface area contributed by atoms with Crippen LogP contribution in [-0.2, 0) is 9.59 Å². The van der Waals surface area contributed by atoms with Crippen LogP contribution in [0, 0.1) is 0 Å². The molecule has 1 aliphatic rings. The first-order chi connectivity index (χ1) is 10.5. The molecule has 0 atom stereocenters. The van der Waals surface area contributed by atoms with Crippen LogP contribution in [0.5, 0.6) is 0 Å². The van der Waals surface area contributed by atoms with Crippen LogP contribution >= 0.6 is 11.6 Å². The average molecular weight is 324 g/mol. The summed E-state index contributed by atoms with van der Waals surface area (Å²) < 4.78 is 0. The zero-order chi connectivity index (χ0) is 16.1. The second-order valence-electron chi connectivity index (χ2n) is 5.08.